The van der Waals surface area contributed by atoms with E-state index in [1.807, 2.05) is 0 Å². The molecule has 2 rings (SSSR count). The first-order chi connectivity index (χ1) is 9.43. The van der Waals surface area contributed by atoms with Crippen LogP contribution in [0.2, 0.25) is 0 Å². The third-order valence-electron chi connectivity index (χ3n) is 2.96. The summed E-state index contributed by atoms with van der Waals surface area (Å²) >= 11 is 0. The summed E-state index contributed by atoms with van der Waals surface area (Å²) < 4.78 is 3.83. The number of hydrogen-bond donors (Lipinski definition) is 0. The van der Waals surface area contributed by atoms with E-state index < -0.39 is 16.3 Å². The summed E-state index contributed by atoms with van der Waals surface area (Å²) in [4.78, 5) is 42.1. The standard InChI is InChI=1S/C10H13N5O5/c1-12-8-7(9(16)13(2)10(12)17)14(6-11-8)4-3-5-20-15(18)19/h6H,3-5H2,1-2H3. The summed E-state index contributed by atoms with van der Waals surface area (Å²) in [5.41, 5.74) is -0.329. The topological polar surface area (TPSA) is 114 Å². The van der Waals surface area contributed by atoms with Gasteiger partial charge in [0, 0.05) is 20.6 Å². The molecule has 0 radical (unpaired) electrons. The zero-order valence-corrected chi connectivity index (χ0v) is 11.0. The van der Waals surface area contributed by atoms with Gasteiger partial charge in [-0.05, 0) is 6.42 Å². The molecule has 0 amide bonds. The SMILES string of the molecule is Cn1c(=O)c2c(ncn2CCCO[N+](=O)[O-])n(C)c1=O. The van der Waals surface area contributed by atoms with Crippen LogP contribution in [0.3, 0.4) is 0 Å². The highest BCUT2D eigenvalue weighted by molar-refractivity contribution is 5.69. The molecule has 108 valence electrons. The second kappa shape index (κ2) is 5.15. The fraction of sp³-hybridized carbons (Fsp3) is 0.500. The summed E-state index contributed by atoms with van der Waals surface area (Å²) in [6.07, 6.45) is 1.77. The summed E-state index contributed by atoms with van der Waals surface area (Å²) in [5.74, 6) is 0. The van der Waals surface area contributed by atoms with Crippen LogP contribution >= 0.6 is 0 Å². The zero-order chi connectivity index (χ0) is 14.9. The van der Waals surface area contributed by atoms with E-state index in [1.54, 1.807) is 4.57 Å². The molecule has 0 atom stereocenters. The minimum absolute atomic E-state index is 0.0707. The Bertz CT molecular complexity index is 771. The Balaban J connectivity index is 2.35. The monoisotopic (exact) mass is 283 g/mol. The number of aromatic nitrogens is 4. The Morgan fingerprint density at radius 2 is 2.05 bits per heavy atom. The average Bonchev–Trinajstić information content (AvgIpc) is 2.82. The highest BCUT2D eigenvalue weighted by Crippen LogP contribution is 2.06. The van der Waals surface area contributed by atoms with Gasteiger partial charge in [-0.2, -0.15) is 0 Å². The predicted molar refractivity (Wildman–Crippen MR) is 67.8 cm³/mol. The predicted octanol–water partition coefficient (Wildman–Crippen LogP) is -0.968. The molecule has 0 spiro atoms. The second-order valence-corrected chi connectivity index (χ2v) is 4.23. The van der Waals surface area contributed by atoms with Gasteiger partial charge >= 0.3 is 5.69 Å². The van der Waals surface area contributed by atoms with Crippen molar-refractivity contribution in [2.24, 2.45) is 14.1 Å². The van der Waals surface area contributed by atoms with E-state index in [0.29, 0.717) is 13.0 Å². The lowest BCUT2D eigenvalue weighted by Gasteiger charge is -2.06. The van der Waals surface area contributed by atoms with Gasteiger partial charge in [-0.25, -0.2) is 9.78 Å². The Morgan fingerprint density at radius 3 is 2.70 bits per heavy atom. The highest BCUT2D eigenvalue weighted by atomic mass is 16.9. The highest BCUT2D eigenvalue weighted by Gasteiger charge is 2.13. The van der Waals surface area contributed by atoms with Crippen molar-refractivity contribution in [2.75, 3.05) is 6.61 Å². The molecule has 0 saturated carbocycles. The molecule has 0 N–H and O–H groups in total. The molecule has 10 nitrogen and oxygen atoms in total. The normalized spacial score (nSPS) is 10.9. The van der Waals surface area contributed by atoms with Crippen LogP contribution in [0.4, 0.5) is 0 Å². The van der Waals surface area contributed by atoms with Gasteiger partial charge in [0.05, 0.1) is 12.9 Å². The quantitative estimate of drug-likeness (QED) is 0.396. The van der Waals surface area contributed by atoms with Gasteiger partial charge in [0.15, 0.2) is 11.2 Å². The molecule has 10 heteroatoms. The molecule has 0 aromatic carbocycles. The molecule has 0 fully saturated rings. The first kappa shape index (κ1) is 13.8. The van der Waals surface area contributed by atoms with Gasteiger partial charge in [-0.3, -0.25) is 13.9 Å². The van der Waals surface area contributed by atoms with E-state index in [4.69, 9.17) is 0 Å². The van der Waals surface area contributed by atoms with Gasteiger partial charge in [-0.15, -0.1) is 10.1 Å². The fourth-order valence-electron chi connectivity index (χ4n) is 1.94. The van der Waals surface area contributed by atoms with Crippen molar-refractivity contribution in [3.05, 3.63) is 37.3 Å². The summed E-state index contributed by atoms with van der Waals surface area (Å²) in [5, 5.41) is 9.16. The molecule has 20 heavy (non-hydrogen) atoms. The zero-order valence-electron chi connectivity index (χ0n) is 11.0. The van der Waals surface area contributed by atoms with Crippen LogP contribution in [0.15, 0.2) is 15.9 Å². The number of aryl methyl sites for hydroxylation is 2. The van der Waals surface area contributed by atoms with E-state index in [-0.39, 0.29) is 17.8 Å². The molecule has 0 aliphatic heterocycles. The molecule has 2 heterocycles. The maximum atomic E-state index is 12.1. The number of fused-ring (bicyclic) bond motifs is 1. The third kappa shape index (κ3) is 2.27. The lowest BCUT2D eigenvalue weighted by molar-refractivity contribution is -0.757. The van der Waals surface area contributed by atoms with Crippen molar-refractivity contribution in [2.45, 2.75) is 13.0 Å². The van der Waals surface area contributed by atoms with Crippen LogP contribution in [-0.4, -0.2) is 30.4 Å². The molecular formula is C10H13N5O5. The van der Waals surface area contributed by atoms with Crippen LogP contribution in [0.25, 0.3) is 11.2 Å². The van der Waals surface area contributed by atoms with E-state index in [1.165, 1.54) is 25.0 Å². The molecule has 0 aliphatic carbocycles. The van der Waals surface area contributed by atoms with Crippen LogP contribution in [0.5, 0.6) is 0 Å². The Morgan fingerprint density at radius 1 is 1.35 bits per heavy atom. The minimum atomic E-state index is -0.866. The van der Waals surface area contributed by atoms with E-state index in [2.05, 4.69) is 9.82 Å². The average molecular weight is 283 g/mol. The maximum absolute atomic E-state index is 12.1. The Labute approximate surface area is 111 Å². The molecule has 0 saturated heterocycles. The minimum Gasteiger partial charge on any atom is -0.325 e. The van der Waals surface area contributed by atoms with Gasteiger partial charge in [-0.1, -0.05) is 0 Å². The summed E-state index contributed by atoms with van der Waals surface area (Å²) in [6, 6.07) is 0. The van der Waals surface area contributed by atoms with Gasteiger partial charge in [0.1, 0.15) is 0 Å². The van der Waals surface area contributed by atoms with Gasteiger partial charge in [0.2, 0.25) is 0 Å². The Kier molecular flexibility index (Phi) is 3.55. The lowest BCUT2D eigenvalue weighted by Crippen LogP contribution is -2.37. The maximum Gasteiger partial charge on any atom is 0.332 e. The van der Waals surface area contributed by atoms with Crippen LogP contribution < -0.4 is 11.2 Å². The second-order valence-electron chi connectivity index (χ2n) is 4.23. The van der Waals surface area contributed by atoms with Crippen molar-refractivity contribution >= 4 is 11.2 Å². The van der Waals surface area contributed by atoms with Gasteiger partial charge < -0.3 is 9.40 Å². The van der Waals surface area contributed by atoms with Crippen molar-refractivity contribution in [3.8, 4) is 0 Å². The number of hydrogen-bond acceptors (Lipinski definition) is 6. The fourth-order valence-corrected chi connectivity index (χ4v) is 1.94. The first-order valence-electron chi connectivity index (χ1n) is 5.81. The van der Waals surface area contributed by atoms with Crippen LogP contribution in [-0.2, 0) is 25.5 Å². The number of imidazole rings is 1. The molecule has 2 aromatic heterocycles. The van der Waals surface area contributed by atoms with Gasteiger partial charge in [0.25, 0.3) is 10.6 Å². The molecule has 0 bridgehead atoms. The number of nitrogens with zero attached hydrogens (tertiary/aromatic N) is 5. The van der Waals surface area contributed by atoms with Crippen molar-refractivity contribution in [1.82, 2.24) is 18.7 Å². The van der Waals surface area contributed by atoms with Crippen molar-refractivity contribution in [3.63, 3.8) is 0 Å². The van der Waals surface area contributed by atoms with E-state index in [9.17, 15) is 19.7 Å². The van der Waals surface area contributed by atoms with Crippen LogP contribution in [0.1, 0.15) is 6.42 Å². The Hall–Kier alpha value is -2.65. The molecular weight excluding hydrogens is 270 g/mol. The number of rotatable bonds is 5. The summed E-state index contributed by atoms with van der Waals surface area (Å²) in [7, 11) is 2.91. The molecule has 0 unspecified atom stereocenters. The smallest absolute Gasteiger partial charge is 0.325 e. The van der Waals surface area contributed by atoms with Crippen molar-refractivity contribution < 1.29 is 9.92 Å². The molecule has 2 aromatic rings. The van der Waals surface area contributed by atoms with E-state index >= 15 is 0 Å². The van der Waals surface area contributed by atoms with E-state index in [0.717, 1.165) is 4.57 Å². The van der Waals surface area contributed by atoms with Crippen LogP contribution in [0, 0.1) is 10.1 Å². The van der Waals surface area contributed by atoms with Crippen molar-refractivity contribution in [1.29, 1.82) is 0 Å². The summed E-state index contributed by atoms with van der Waals surface area (Å²) in [6.45, 7) is 0.260. The first-order valence-corrected chi connectivity index (χ1v) is 5.81. The third-order valence-corrected chi connectivity index (χ3v) is 2.96. The molecule has 0 aliphatic rings. The largest absolute Gasteiger partial charge is 0.332 e. The lowest BCUT2D eigenvalue weighted by atomic mass is 10.4.